The summed E-state index contributed by atoms with van der Waals surface area (Å²) in [5, 5.41) is 3.72. The third-order valence-corrected chi connectivity index (χ3v) is 4.87. The second-order valence-corrected chi connectivity index (χ2v) is 6.33. The molecule has 0 saturated heterocycles. The minimum atomic E-state index is 0.542. The molecule has 0 spiro atoms. The summed E-state index contributed by atoms with van der Waals surface area (Å²) >= 11 is 1.98. The first-order chi connectivity index (χ1) is 9.93. The monoisotopic (exact) mass is 287 g/mol. The topological polar surface area (TPSA) is 29.9 Å². The van der Waals surface area contributed by atoms with Crippen molar-refractivity contribution in [2.75, 3.05) is 12.3 Å². The van der Waals surface area contributed by atoms with Crippen molar-refractivity contribution >= 4 is 11.8 Å². The van der Waals surface area contributed by atoms with E-state index in [-0.39, 0.29) is 0 Å². The number of rotatable bonds is 6. The summed E-state index contributed by atoms with van der Waals surface area (Å²) in [4.78, 5) is 5.52. The largest absolute Gasteiger partial charge is 0.337 e. The van der Waals surface area contributed by atoms with Gasteiger partial charge in [-0.1, -0.05) is 18.2 Å². The van der Waals surface area contributed by atoms with Crippen LogP contribution in [0.25, 0.3) is 0 Å². The lowest BCUT2D eigenvalue weighted by molar-refractivity contribution is 0.484. The van der Waals surface area contributed by atoms with Crippen molar-refractivity contribution in [2.45, 2.75) is 36.7 Å². The SMILES string of the molecule is c1ccc2c(c1)SCCC2NCCCCn1ccnc1. The molecule has 0 amide bonds. The van der Waals surface area contributed by atoms with Crippen LogP contribution in [0.5, 0.6) is 0 Å². The third-order valence-electron chi connectivity index (χ3n) is 3.75. The van der Waals surface area contributed by atoms with E-state index in [0.717, 1.165) is 13.1 Å². The van der Waals surface area contributed by atoms with Crippen LogP contribution in [0.4, 0.5) is 0 Å². The first-order valence-electron chi connectivity index (χ1n) is 7.34. The van der Waals surface area contributed by atoms with E-state index >= 15 is 0 Å². The first-order valence-corrected chi connectivity index (χ1v) is 8.33. The average molecular weight is 287 g/mol. The Balaban J connectivity index is 1.43. The van der Waals surface area contributed by atoms with E-state index in [1.54, 1.807) is 0 Å². The van der Waals surface area contributed by atoms with E-state index in [1.165, 1.54) is 35.5 Å². The van der Waals surface area contributed by atoms with Crippen molar-refractivity contribution in [1.82, 2.24) is 14.9 Å². The number of aryl methyl sites for hydroxylation is 1. The highest BCUT2D eigenvalue weighted by molar-refractivity contribution is 7.99. The molecule has 1 aliphatic heterocycles. The van der Waals surface area contributed by atoms with Gasteiger partial charge in [0.05, 0.1) is 6.33 Å². The van der Waals surface area contributed by atoms with Crippen LogP contribution in [0.1, 0.15) is 30.9 Å². The molecule has 20 heavy (non-hydrogen) atoms. The summed E-state index contributed by atoms with van der Waals surface area (Å²) in [5.41, 5.74) is 1.48. The lowest BCUT2D eigenvalue weighted by Crippen LogP contribution is -2.25. The number of imidazole rings is 1. The van der Waals surface area contributed by atoms with Crippen molar-refractivity contribution in [1.29, 1.82) is 0 Å². The van der Waals surface area contributed by atoms with Gasteiger partial charge in [-0.3, -0.25) is 0 Å². The predicted molar refractivity (Wildman–Crippen MR) is 84.0 cm³/mol. The number of aromatic nitrogens is 2. The smallest absolute Gasteiger partial charge is 0.0945 e. The van der Waals surface area contributed by atoms with E-state index in [0.29, 0.717) is 6.04 Å². The van der Waals surface area contributed by atoms with Gasteiger partial charge in [0.15, 0.2) is 0 Å². The normalized spacial score (nSPS) is 17.9. The molecule has 3 rings (SSSR count). The molecular formula is C16H21N3S. The molecule has 1 N–H and O–H groups in total. The molecule has 1 aromatic heterocycles. The maximum Gasteiger partial charge on any atom is 0.0945 e. The molecule has 3 nitrogen and oxygen atoms in total. The van der Waals surface area contributed by atoms with Crippen LogP contribution in [-0.2, 0) is 6.54 Å². The number of thioether (sulfide) groups is 1. The van der Waals surface area contributed by atoms with Gasteiger partial charge in [0, 0.05) is 29.9 Å². The zero-order valence-corrected chi connectivity index (χ0v) is 12.5. The van der Waals surface area contributed by atoms with Crippen LogP contribution in [0.15, 0.2) is 47.9 Å². The van der Waals surface area contributed by atoms with Crippen molar-refractivity contribution in [2.24, 2.45) is 0 Å². The molecule has 1 aromatic carbocycles. The number of nitrogens with one attached hydrogen (secondary N) is 1. The van der Waals surface area contributed by atoms with Crippen molar-refractivity contribution in [3.63, 3.8) is 0 Å². The molecule has 4 heteroatoms. The zero-order chi connectivity index (χ0) is 13.6. The lowest BCUT2D eigenvalue weighted by atomic mass is 10.0. The second-order valence-electron chi connectivity index (χ2n) is 5.19. The van der Waals surface area contributed by atoms with Gasteiger partial charge in [0.2, 0.25) is 0 Å². The predicted octanol–water partition coefficient (Wildman–Crippen LogP) is 3.49. The van der Waals surface area contributed by atoms with Crippen LogP contribution >= 0.6 is 11.8 Å². The van der Waals surface area contributed by atoms with Crippen LogP contribution in [0.2, 0.25) is 0 Å². The summed E-state index contributed by atoms with van der Waals surface area (Å²) in [6, 6.07) is 9.34. The third kappa shape index (κ3) is 3.44. The Morgan fingerprint density at radius 3 is 3.15 bits per heavy atom. The summed E-state index contributed by atoms with van der Waals surface area (Å²) in [5.74, 6) is 1.23. The van der Waals surface area contributed by atoms with Crippen molar-refractivity contribution < 1.29 is 0 Å². The van der Waals surface area contributed by atoms with E-state index in [9.17, 15) is 0 Å². The summed E-state index contributed by atoms with van der Waals surface area (Å²) in [6.07, 6.45) is 9.42. The summed E-state index contributed by atoms with van der Waals surface area (Å²) in [6.45, 7) is 2.16. The van der Waals surface area contributed by atoms with Crippen LogP contribution in [0.3, 0.4) is 0 Å². The molecule has 0 aliphatic carbocycles. The minimum Gasteiger partial charge on any atom is -0.337 e. The number of fused-ring (bicyclic) bond motifs is 1. The number of nitrogens with zero attached hydrogens (tertiary/aromatic N) is 2. The lowest BCUT2D eigenvalue weighted by Gasteiger charge is -2.26. The molecule has 1 unspecified atom stereocenters. The maximum absolute atomic E-state index is 4.06. The molecule has 2 aromatic rings. The fraction of sp³-hybridized carbons (Fsp3) is 0.438. The number of benzene rings is 1. The average Bonchev–Trinajstić information content (AvgIpc) is 3.00. The van der Waals surface area contributed by atoms with Gasteiger partial charge in [-0.25, -0.2) is 4.98 Å². The molecule has 0 fully saturated rings. The molecule has 2 heterocycles. The van der Waals surface area contributed by atoms with Gasteiger partial charge < -0.3 is 9.88 Å². The van der Waals surface area contributed by atoms with Crippen LogP contribution in [0, 0.1) is 0 Å². The van der Waals surface area contributed by atoms with Gasteiger partial charge in [-0.15, -0.1) is 11.8 Å². The van der Waals surface area contributed by atoms with Gasteiger partial charge >= 0.3 is 0 Å². The van der Waals surface area contributed by atoms with Gasteiger partial charge in [-0.2, -0.15) is 0 Å². The van der Waals surface area contributed by atoms with E-state index < -0.39 is 0 Å². The number of hydrogen-bond donors (Lipinski definition) is 1. The molecular weight excluding hydrogens is 266 g/mol. The Bertz CT molecular complexity index is 524. The van der Waals surface area contributed by atoms with Crippen LogP contribution in [-0.4, -0.2) is 21.8 Å². The second kappa shape index (κ2) is 6.95. The zero-order valence-electron chi connectivity index (χ0n) is 11.7. The maximum atomic E-state index is 4.06. The Morgan fingerprint density at radius 1 is 1.30 bits per heavy atom. The summed E-state index contributed by atoms with van der Waals surface area (Å²) < 4.78 is 2.15. The molecule has 1 aliphatic rings. The van der Waals surface area contributed by atoms with Crippen molar-refractivity contribution in [3.8, 4) is 0 Å². The Morgan fingerprint density at radius 2 is 2.25 bits per heavy atom. The van der Waals surface area contributed by atoms with Crippen LogP contribution < -0.4 is 5.32 Å². The number of unbranched alkanes of at least 4 members (excludes halogenated alkanes) is 1. The molecule has 0 saturated carbocycles. The van der Waals surface area contributed by atoms with Crippen molar-refractivity contribution in [3.05, 3.63) is 48.5 Å². The fourth-order valence-electron chi connectivity index (χ4n) is 2.67. The first kappa shape index (κ1) is 13.7. The highest BCUT2D eigenvalue weighted by atomic mass is 32.2. The standard InChI is InChI=1S/C16H21N3S/c1-2-6-16-14(5-1)15(7-12-20-16)18-8-3-4-10-19-11-9-17-13-19/h1-2,5-6,9,11,13,15,18H,3-4,7-8,10,12H2. The Kier molecular flexibility index (Phi) is 4.77. The van der Waals surface area contributed by atoms with Gasteiger partial charge in [-0.05, 0) is 43.2 Å². The highest BCUT2D eigenvalue weighted by Crippen LogP contribution is 2.35. The summed E-state index contributed by atoms with van der Waals surface area (Å²) in [7, 11) is 0. The number of hydrogen-bond acceptors (Lipinski definition) is 3. The molecule has 106 valence electrons. The van der Waals surface area contributed by atoms with Gasteiger partial charge in [0.1, 0.15) is 0 Å². The highest BCUT2D eigenvalue weighted by Gasteiger charge is 2.19. The fourth-order valence-corrected chi connectivity index (χ4v) is 3.79. The molecule has 1 atom stereocenters. The van der Waals surface area contributed by atoms with E-state index in [4.69, 9.17) is 0 Å². The van der Waals surface area contributed by atoms with E-state index in [1.807, 2.05) is 30.5 Å². The van der Waals surface area contributed by atoms with E-state index in [2.05, 4.69) is 39.1 Å². The Labute approximate surface area is 124 Å². The van der Waals surface area contributed by atoms with Gasteiger partial charge in [0.25, 0.3) is 0 Å². The Hall–Kier alpha value is -1.26. The quantitative estimate of drug-likeness (QED) is 0.825. The molecule has 0 radical (unpaired) electrons. The minimum absolute atomic E-state index is 0.542. The molecule has 0 bridgehead atoms.